The number of thiazole rings is 1. The highest BCUT2D eigenvalue weighted by Gasteiger charge is 2.10. The number of benzene rings is 1. The normalized spacial score (nSPS) is 10.5. The quantitative estimate of drug-likeness (QED) is 0.699. The number of nitrogens with one attached hydrogen (secondary N) is 1. The topological polar surface area (TPSA) is 51.2 Å². The number of amides is 1. The van der Waals surface area contributed by atoms with E-state index < -0.39 is 0 Å². The molecule has 0 saturated heterocycles. The fourth-order valence-electron chi connectivity index (χ4n) is 2.37. The third-order valence-electron chi connectivity index (χ3n) is 3.53. The minimum Gasteiger partial charge on any atom is -0.496 e. The lowest BCUT2D eigenvalue weighted by Gasteiger charge is -2.08. The van der Waals surface area contributed by atoms with E-state index in [0.717, 1.165) is 33.3 Å². The summed E-state index contributed by atoms with van der Waals surface area (Å²) in [4.78, 5) is 17.8. The maximum Gasteiger partial charge on any atom is 0.226 e. The Bertz CT molecular complexity index is 797. The number of ether oxygens (including phenoxy) is 1. The van der Waals surface area contributed by atoms with Crippen LogP contribution in [0.5, 0.6) is 5.75 Å². The number of rotatable bonds is 7. The lowest BCUT2D eigenvalue weighted by Crippen LogP contribution is -2.27. The van der Waals surface area contributed by atoms with Crippen LogP contribution >= 0.6 is 22.7 Å². The second kappa shape index (κ2) is 8.08. The van der Waals surface area contributed by atoms with Gasteiger partial charge < -0.3 is 10.1 Å². The van der Waals surface area contributed by atoms with Crippen LogP contribution in [-0.4, -0.2) is 24.5 Å². The molecule has 124 valence electrons. The van der Waals surface area contributed by atoms with Crippen molar-refractivity contribution in [3.05, 3.63) is 58.4 Å². The molecule has 2 aromatic heterocycles. The Morgan fingerprint density at radius 2 is 2.08 bits per heavy atom. The minimum atomic E-state index is -0.00655. The summed E-state index contributed by atoms with van der Waals surface area (Å²) in [6.07, 6.45) is 1.06. The Labute approximate surface area is 149 Å². The third kappa shape index (κ3) is 4.21. The summed E-state index contributed by atoms with van der Waals surface area (Å²) in [6.45, 7) is 0.584. The third-order valence-corrected chi connectivity index (χ3v) is 5.46. The van der Waals surface area contributed by atoms with E-state index in [1.165, 1.54) is 0 Å². The summed E-state index contributed by atoms with van der Waals surface area (Å²) in [5.41, 5.74) is 1.91. The molecule has 2 heterocycles. The van der Waals surface area contributed by atoms with Crippen LogP contribution in [0.2, 0.25) is 0 Å². The summed E-state index contributed by atoms with van der Waals surface area (Å²) in [5.74, 6) is 0.847. The first-order valence-electron chi connectivity index (χ1n) is 7.63. The molecule has 1 amide bonds. The van der Waals surface area contributed by atoms with Crippen molar-refractivity contribution in [2.45, 2.75) is 12.8 Å². The van der Waals surface area contributed by atoms with Crippen molar-refractivity contribution < 1.29 is 9.53 Å². The first-order valence-corrected chi connectivity index (χ1v) is 9.39. The van der Waals surface area contributed by atoms with Crippen molar-refractivity contribution in [1.29, 1.82) is 0 Å². The van der Waals surface area contributed by atoms with E-state index in [0.29, 0.717) is 13.0 Å². The Balaban J connectivity index is 1.49. The first-order chi connectivity index (χ1) is 11.8. The van der Waals surface area contributed by atoms with Crippen LogP contribution in [0.1, 0.15) is 11.3 Å². The van der Waals surface area contributed by atoms with Gasteiger partial charge in [0.2, 0.25) is 5.91 Å². The van der Waals surface area contributed by atoms with Crippen molar-refractivity contribution in [2.75, 3.05) is 13.7 Å². The van der Waals surface area contributed by atoms with Gasteiger partial charge in [-0.15, -0.1) is 22.7 Å². The fraction of sp³-hybridized carbons (Fsp3) is 0.222. The Morgan fingerprint density at radius 1 is 1.21 bits per heavy atom. The van der Waals surface area contributed by atoms with E-state index in [1.54, 1.807) is 29.8 Å². The molecule has 6 heteroatoms. The van der Waals surface area contributed by atoms with E-state index in [9.17, 15) is 4.79 Å². The van der Waals surface area contributed by atoms with Crippen molar-refractivity contribution in [1.82, 2.24) is 10.3 Å². The molecule has 0 saturated carbocycles. The first kappa shape index (κ1) is 16.7. The zero-order valence-electron chi connectivity index (χ0n) is 13.3. The number of nitrogens with zero attached hydrogens (tertiary/aromatic N) is 1. The van der Waals surface area contributed by atoms with Crippen molar-refractivity contribution in [3.63, 3.8) is 0 Å². The molecular formula is C18H18N2O2S2. The minimum absolute atomic E-state index is 0.00655. The van der Waals surface area contributed by atoms with Gasteiger partial charge in [-0.1, -0.05) is 24.3 Å². The number of para-hydroxylation sites is 1. The Hall–Kier alpha value is -2.18. The average Bonchev–Trinajstić information content (AvgIpc) is 3.26. The number of thiophene rings is 1. The van der Waals surface area contributed by atoms with Gasteiger partial charge in [-0.2, -0.15) is 0 Å². The number of aromatic nitrogens is 1. The fourth-order valence-corrected chi connectivity index (χ4v) is 4.01. The summed E-state index contributed by atoms with van der Waals surface area (Å²) < 4.78 is 5.32. The molecule has 3 rings (SSSR count). The SMILES string of the molecule is COc1ccccc1CCNC(=O)Cc1csc(-c2cccs2)n1. The van der Waals surface area contributed by atoms with Crippen molar-refractivity contribution in [3.8, 4) is 15.6 Å². The highest BCUT2D eigenvalue weighted by Crippen LogP contribution is 2.27. The molecule has 0 spiro atoms. The van der Waals surface area contributed by atoms with Crippen LogP contribution < -0.4 is 10.1 Å². The van der Waals surface area contributed by atoms with Gasteiger partial charge in [-0.3, -0.25) is 4.79 Å². The van der Waals surface area contributed by atoms with Crippen LogP contribution in [0.3, 0.4) is 0 Å². The molecule has 0 radical (unpaired) electrons. The van der Waals surface area contributed by atoms with Crippen LogP contribution in [0.4, 0.5) is 0 Å². The van der Waals surface area contributed by atoms with Crippen LogP contribution in [-0.2, 0) is 17.6 Å². The van der Waals surface area contributed by atoms with Crippen LogP contribution in [0.15, 0.2) is 47.2 Å². The molecule has 0 bridgehead atoms. The monoisotopic (exact) mass is 358 g/mol. The predicted octanol–water partition coefficient (Wildman–Crippen LogP) is 3.78. The molecule has 0 atom stereocenters. The molecule has 0 fully saturated rings. The zero-order chi connectivity index (χ0) is 16.8. The van der Waals surface area contributed by atoms with Gasteiger partial charge in [0.25, 0.3) is 0 Å². The van der Waals surface area contributed by atoms with Crippen LogP contribution in [0, 0.1) is 0 Å². The summed E-state index contributed by atoms with van der Waals surface area (Å²) in [6, 6.07) is 11.9. The number of carbonyl (C=O) groups excluding carboxylic acids is 1. The van der Waals surface area contributed by atoms with Crippen LogP contribution in [0.25, 0.3) is 9.88 Å². The number of methoxy groups -OCH3 is 1. The molecule has 0 unspecified atom stereocenters. The molecule has 0 aliphatic heterocycles. The molecule has 3 aromatic rings. The maximum absolute atomic E-state index is 12.1. The number of hydrogen-bond donors (Lipinski definition) is 1. The van der Waals surface area contributed by atoms with Gasteiger partial charge >= 0.3 is 0 Å². The molecule has 0 aliphatic carbocycles. The van der Waals surface area contributed by atoms with E-state index >= 15 is 0 Å². The lowest BCUT2D eigenvalue weighted by atomic mass is 10.1. The standard InChI is InChI=1S/C18H18N2O2S2/c1-22-15-6-3-2-5-13(15)8-9-19-17(21)11-14-12-24-18(20-14)16-7-4-10-23-16/h2-7,10,12H,8-9,11H2,1H3,(H,19,21). The number of hydrogen-bond acceptors (Lipinski definition) is 5. The Kier molecular flexibility index (Phi) is 5.61. The lowest BCUT2D eigenvalue weighted by molar-refractivity contribution is -0.120. The summed E-state index contributed by atoms with van der Waals surface area (Å²) >= 11 is 3.24. The van der Waals surface area contributed by atoms with Gasteiger partial charge in [0, 0.05) is 11.9 Å². The highest BCUT2D eigenvalue weighted by atomic mass is 32.1. The van der Waals surface area contributed by atoms with Gasteiger partial charge in [0.15, 0.2) is 0 Å². The Morgan fingerprint density at radius 3 is 2.88 bits per heavy atom. The molecular weight excluding hydrogens is 340 g/mol. The summed E-state index contributed by atoms with van der Waals surface area (Å²) in [5, 5.41) is 7.90. The van der Waals surface area contributed by atoms with Gasteiger partial charge in [-0.05, 0) is 29.5 Å². The average molecular weight is 358 g/mol. The largest absolute Gasteiger partial charge is 0.496 e. The molecule has 1 N–H and O–H groups in total. The van der Waals surface area contributed by atoms with Gasteiger partial charge in [0.05, 0.1) is 24.1 Å². The zero-order valence-corrected chi connectivity index (χ0v) is 15.0. The summed E-state index contributed by atoms with van der Waals surface area (Å²) in [7, 11) is 1.66. The van der Waals surface area contributed by atoms with Gasteiger partial charge in [0.1, 0.15) is 10.8 Å². The number of carbonyl (C=O) groups is 1. The predicted molar refractivity (Wildman–Crippen MR) is 98.8 cm³/mol. The van der Waals surface area contributed by atoms with E-state index in [1.807, 2.05) is 47.2 Å². The van der Waals surface area contributed by atoms with Crippen molar-refractivity contribution >= 4 is 28.6 Å². The van der Waals surface area contributed by atoms with E-state index in [2.05, 4.69) is 10.3 Å². The second-order valence-corrected chi connectivity index (χ2v) is 7.02. The van der Waals surface area contributed by atoms with E-state index in [-0.39, 0.29) is 5.91 Å². The van der Waals surface area contributed by atoms with E-state index in [4.69, 9.17) is 4.74 Å². The smallest absolute Gasteiger partial charge is 0.226 e. The maximum atomic E-state index is 12.1. The molecule has 24 heavy (non-hydrogen) atoms. The molecule has 4 nitrogen and oxygen atoms in total. The molecule has 0 aliphatic rings. The second-order valence-electron chi connectivity index (χ2n) is 5.21. The van der Waals surface area contributed by atoms with Gasteiger partial charge in [-0.25, -0.2) is 4.98 Å². The van der Waals surface area contributed by atoms with Crippen molar-refractivity contribution in [2.24, 2.45) is 0 Å². The molecule has 1 aromatic carbocycles. The highest BCUT2D eigenvalue weighted by molar-refractivity contribution is 7.20.